The summed E-state index contributed by atoms with van der Waals surface area (Å²) in [6, 6.07) is 1.68. The zero-order valence-corrected chi connectivity index (χ0v) is 6.74. The van der Waals surface area contributed by atoms with Gasteiger partial charge in [-0.25, -0.2) is 0 Å². The molecule has 0 atom stereocenters. The van der Waals surface area contributed by atoms with Crippen LogP contribution in [0, 0.1) is 0 Å². The number of hydrogen-bond acceptors (Lipinski definition) is 3. The van der Waals surface area contributed by atoms with Crippen LogP contribution >= 0.6 is 0 Å². The predicted octanol–water partition coefficient (Wildman–Crippen LogP) is 1.05. The Morgan fingerprint density at radius 3 is 3.08 bits per heavy atom. The van der Waals surface area contributed by atoms with E-state index in [1.54, 1.807) is 13.2 Å². The molecule has 0 bridgehead atoms. The van der Waals surface area contributed by atoms with Gasteiger partial charge in [-0.1, -0.05) is 0 Å². The summed E-state index contributed by atoms with van der Waals surface area (Å²) < 4.78 is 9.81. The molecule has 1 aromatic heterocycles. The van der Waals surface area contributed by atoms with Gasteiger partial charge in [0.05, 0.1) is 12.9 Å². The quantitative estimate of drug-likeness (QED) is 0.733. The van der Waals surface area contributed by atoms with Crippen molar-refractivity contribution in [3.63, 3.8) is 0 Å². The number of methoxy groups -OCH3 is 1. The predicted molar refractivity (Wildman–Crippen MR) is 40.8 cm³/mol. The van der Waals surface area contributed by atoms with Gasteiger partial charge in [0.2, 0.25) is 0 Å². The van der Waals surface area contributed by atoms with Gasteiger partial charge < -0.3 is 14.3 Å². The summed E-state index contributed by atoms with van der Waals surface area (Å²) in [6.45, 7) is 0.448. The SMILES string of the molecule is COCc1coc(CC(=O)O)c1. The number of carboxylic acids is 1. The molecule has 0 aliphatic carbocycles. The van der Waals surface area contributed by atoms with Gasteiger partial charge in [0.15, 0.2) is 0 Å². The Morgan fingerprint density at radius 2 is 2.50 bits per heavy atom. The highest BCUT2D eigenvalue weighted by Gasteiger charge is 2.05. The second-order valence-corrected chi connectivity index (χ2v) is 2.42. The molecule has 1 heterocycles. The van der Waals surface area contributed by atoms with Crippen LogP contribution in [0.4, 0.5) is 0 Å². The van der Waals surface area contributed by atoms with Crippen molar-refractivity contribution in [2.75, 3.05) is 7.11 Å². The third kappa shape index (κ3) is 2.39. The number of aliphatic carboxylic acids is 1. The molecule has 1 rings (SSSR count). The van der Waals surface area contributed by atoms with Crippen molar-refractivity contribution < 1.29 is 19.1 Å². The largest absolute Gasteiger partial charge is 0.481 e. The van der Waals surface area contributed by atoms with Gasteiger partial charge in [0.1, 0.15) is 12.2 Å². The second-order valence-electron chi connectivity index (χ2n) is 2.42. The molecule has 66 valence electrons. The number of ether oxygens (including phenoxy) is 1. The van der Waals surface area contributed by atoms with Gasteiger partial charge in [-0.15, -0.1) is 0 Å². The fraction of sp³-hybridized carbons (Fsp3) is 0.375. The van der Waals surface area contributed by atoms with Crippen LogP contribution in [-0.4, -0.2) is 18.2 Å². The number of hydrogen-bond donors (Lipinski definition) is 1. The third-order valence-corrected chi connectivity index (χ3v) is 1.34. The van der Waals surface area contributed by atoms with Crippen LogP contribution < -0.4 is 0 Å². The lowest BCUT2D eigenvalue weighted by molar-refractivity contribution is -0.136. The minimum absolute atomic E-state index is 0.0796. The smallest absolute Gasteiger partial charge is 0.311 e. The zero-order valence-electron chi connectivity index (χ0n) is 6.74. The average molecular weight is 170 g/mol. The average Bonchev–Trinajstić information content (AvgIpc) is 2.36. The number of carboxylic acid groups (broad SMARTS) is 1. The van der Waals surface area contributed by atoms with E-state index in [-0.39, 0.29) is 6.42 Å². The first kappa shape index (κ1) is 8.80. The number of carbonyl (C=O) groups is 1. The first-order valence-electron chi connectivity index (χ1n) is 3.49. The van der Waals surface area contributed by atoms with E-state index in [1.165, 1.54) is 6.26 Å². The molecule has 0 radical (unpaired) electrons. The van der Waals surface area contributed by atoms with Crippen LogP contribution in [0.1, 0.15) is 11.3 Å². The molecule has 0 saturated carbocycles. The van der Waals surface area contributed by atoms with Gasteiger partial charge in [0, 0.05) is 12.7 Å². The van der Waals surface area contributed by atoms with Crippen molar-refractivity contribution >= 4 is 5.97 Å². The van der Waals surface area contributed by atoms with E-state index in [4.69, 9.17) is 14.3 Å². The first-order valence-corrected chi connectivity index (χ1v) is 3.49. The normalized spacial score (nSPS) is 10.1. The van der Waals surface area contributed by atoms with Gasteiger partial charge >= 0.3 is 5.97 Å². The summed E-state index contributed by atoms with van der Waals surface area (Å²) in [7, 11) is 1.57. The van der Waals surface area contributed by atoms with Crippen LogP contribution in [0.5, 0.6) is 0 Å². The summed E-state index contributed by atoms with van der Waals surface area (Å²) in [5, 5.41) is 8.41. The van der Waals surface area contributed by atoms with Crippen LogP contribution in [0.3, 0.4) is 0 Å². The van der Waals surface area contributed by atoms with Gasteiger partial charge in [-0.05, 0) is 6.07 Å². The van der Waals surface area contributed by atoms with Crippen molar-refractivity contribution in [1.29, 1.82) is 0 Å². The lowest BCUT2D eigenvalue weighted by Crippen LogP contribution is -1.98. The fourth-order valence-electron chi connectivity index (χ4n) is 0.910. The monoisotopic (exact) mass is 170 g/mol. The Morgan fingerprint density at radius 1 is 1.75 bits per heavy atom. The molecule has 0 aliphatic heterocycles. The van der Waals surface area contributed by atoms with Gasteiger partial charge in [-0.2, -0.15) is 0 Å². The maximum Gasteiger partial charge on any atom is 0.311 e. The van der Waals surface area contributed by atoms with Crippen molar-refractivity contribution in [3.05, 3.63) is 23.7 Å². The second kappa shape index (κ2) is 3.92. The molecular weight excluding hydrogens is 160 g/mol. The summed E-state index contributed by atoms with van der Waals surface area (Å²) in [6.07, 6.45) is 1.42. The fourth-order valence-corrected chi connectivity index (χ4v) is 0.910. The maximum absolute atomic E-state index is 10.2. The Hall–Kier alpha value is -1.29. The number of rotatable bonds is 4. The number of furan rings is 1. The molecule has 4 heteroatoms. The molecule has 0 saturated heterocycles. The summed E-state index contributed by atoms with van der Waals surface area (Å²) >= 11 is 0. The molecule has 1 aromatic rings. The Bertz CT molecular complexity index is 264. The lowest BCUT2D eigenvalue weighted by Gasteiger charge is -1.89. The van der Waals surface area contributed by atoms with Crippen molar-refractivity contribution in [2.45, 2.75) is 13.0 Å². The third-order valence-electron chi connectivity index (χ3n) is 1.34. The van der Waals surface area contributed by atoms with Crippen molar-refractivity contribution in [2.24, 2.45) is 0 Å². The minimum atomic E-state index is -0.895. The van der Waals surface area contributed by atoms with Crippen LogP contribution in [0.25, 0.3) is 0 Å². The summed E-state index contributed by atoms with van der Waals surface area (Å²) in [5.74, 6) is -0.442. The van der Waals surface area contributed by atoms with E-state index in [9.17, 15) is 4.79 Å². The highest BCUT2D eigenvalue weighted by atomic mass is 16.5. The van der Waals surface area contributed by atoms with E-state index in [1.807, 2.05) is 0 Å². The molecule has 4 nitrogen and oxygen atoms in total. The Kier molecular flexibility index (Phi) is 2.88. The molecular formula is C8H10O4. The van der Waals surface area contributed by atoms with Crippen LogP contribution in [0.15, 0.2) is 16.7 Å². The summed E-state index contributed by atoms with van der Waals surface area (Å²) in [4.78, 5) is 10.2. The van der Waals surface area contributed by atoms with E-state index in [2.05, 4.69) is 0 Å². The van der Waals surface area contributed by atoms with Crippen LogP contribution in [-0.2, 0) is 22.6 Å². The highest BCUT2D eigenvalue weighted by molar-refractivity contribution is 5.69. The Labute approximate surface area is 69.8 Å². The van der Waals surface area contributed by atoms with Crippen molar-refractivity contribution in [3.8, 4) is 0 Å². The molecule has 0 amide bonds. The lowest BCUT2D eigenvalue weighted by atomic mass is 10.3. The van der Waals surface area contributed by atoms with E-state index >= 15 is 0 Å². The molecule has 12 heavy (non-hydrogen) atoms. The molecule has 0 spiro atoms. The molecule has 0 aliphatic rings. The topological polar surface area (TPSA) is 59.7 Å². The highest BCUT2D eigenvalue weighted by Crippen LogP contribution is 2.09. The van der Waals surface area contributed by atoms with Gasteiger partial charge in [0.25, 0.3) is 0 Å². The molecule has 0 fully saturated rings. The van der Waals surface area contributed by atoms with E-state index in [0.29, 0.717) is 12.4 Å². The minimum Gasteiger partial charge on any atom is -0.481 e. The summed E-state index contributed by atoms with van der Waals surface area (Å²) in [5.41, 5.74) is 0.855. The van der Waals surface area contributed by atoms with Gasteiger partial charge in [-0.3, -0.25) is 4.79 Å². The first-order chi connectivity index (χ1) is 5.72. The van der Waals surface area contributed by atoms with Crippen molar-refractivity contribution in [1.82, 2.24) is 0 Å². The van der Waals surface area contributed by atoms with Crippen LogP contribution in [0.2, 0.25) is 0 Å². The van der Waals surface area contributed by atoms with E-state index < -0.39 is 5.97 Å². The standard InChI is InChI=1S/C8H10O4/c1-11-4-6-2-7(12-5-6)3-8(9)10/h2,5H,3-4H2,1H3,(H,9,10). The molecule has 1 N–H and O–H groups in total. The Balaban J connectivity index is 2.58. The van der Waals surface area contributed by atoms with E-state index in [0.717, 1.165) is 5.56 Å². The molecule has 0 unspecified atom stereocenters. The zero-order chi connectivity index (χ0) is 8.97. The molecule has 0 aromatic carbocycles. The maximum atomic E-state index is 10.2.